The zero-order valence-corrected chi connectivity index (χ0v) is 15.1. The summed E-state index contributed by atoms with van der Waals surface area (Å²) in [6, 6.07) is 7.87. The lowest BCUT2D eigenvalue weighted by Gasteiger charge is -2.34. The number of carbonyl (C=O) groups is 1. The molecule has 134 valence electrons. The lowest BCUT2D eigenvalue weighted by Crippen LogP contribution is -3.15. The summed E-state index contributed by atoms with van der Waals surface area (Å²) in [5.41, 5.74) is 1.15. The van der Waals surface area contributed by atoms with Gasteiger partial charge in [-0.15, -0.1) is 0 Å². The van der Waals surface area contributed by atoms with E-state index in [1.54, 1.807) is 4.90 Å². The van der Waals surface area contributed by atoms with E-state index < -0.39 is 0 Å². The number of nitrogens with zero attached hydrogens (tertiary/aromatic N) is 1. The van der Waals surface area contributed by atoms with Gasteiger partial charge < -0.3 is 14.5 Å². The summed E-state index contributed by atoms with van der Waals surface area (Å²) in [5.74, 6) is 3.46. The van der Waals surface area contributed by atoms with Gasteiger partial charge in [0, 0.05) is 5.92 Å². The Morgan fingerprint density at radius 3 is 2.76 bits per heavy atom. The summed E-state index contributed by atoms with van der Waals surface area (Å²) >= 11 is 0. The summed E-state index contributed by atoms with van der Waals surface area (Å²) in [6.07, 6.45) is 7.64. The predicted octanol–water partition coefficient (Wildman–Crippen LogP) is 1.31. The molecule has 0 radical (unpaired) electrons. The van der Waals surface area contributed by atoms with Crippen LogP contribution in [0.15, 0.2) is 36.4 Å². The Bertz CT molecular complexity index is 649. The van der Waals surface area contributed by atoms with E-state index in [1.165, 1.54) is 19.4 Å². The van der Waals surface area contributed by atoms with Gasteiger partial charge in [0.15, 0.2) is 6.61 Å². The number of amides is 1. The number of quaternary nitrogens is 1. The third kappa shape index (κ3) is 3.90. The SMILES string of the molecule is Cc1cccc(OCC(=O)N2CC[NH+](C[C@@H]3C[C@@H]4C=C[C@H]3C4)CC2)c1. The Labute approximate surface area is 150 Å². The zero-order valence-electron chi connectivity index (χ0n) is 15.1. The molecule has 2 aliphatic carbocycles. The predicted molar refractivity (Wildman–Crippen MR) is 97.7 cm³/mol. The molecule has 4 nitrogen and oxygen atoms in total. The van der Waals surface area contributed by atoms with Crippen molar-refractivity contribution in [2.75, 3.05) is 39.3 Å². The molecule has 3 aliphatic rings. The fourth-order valence-corrected chi connectivity index (χ4v) is 4.72. The molecule has 2 fully saturated rings. The van der Waals surface area contributed by atoms with E-state index in [0.29, 0.717) is 0 Å². The van der Waals surface area contributed by atoms with Gasteiger partial charge in [0.05, 0.1) is 32.7 Å². The molecule has 2 bridgehead atoms. The van der Waals surface area contributed by atoms with Crippen molar-refractivity contribution in [3.63, 3.8) is 0 Å². The third-order valence-electron chi connectivity index (χ3n) is 6.14. The third-order valence-corrected chi connectivity index (χ3v) is 6.14. The van der Waals surface area contributed by atoms with Crippen LogP contribution in [0.4, 0.5) is 0 Å². The van der Waals surface area contributed by atoms with E-state index >= 15 is 0 Å². The molecule has 1 aliphatic heterocycles. The number of benzene rings is 1. The smallest absolute Gasteiger partial charge is 0.260 e. The van der Waals surface area contributed by atoms with Crippen molar-refractivity contribution >= 4 is 5.91 Å². The van der Waals surface area contributed by atoms with Gasteiger partial charge in [0.25, 0.3) is 5.91 Å². The molecule has 1 N–H and O–H groups in total. The summed E-state index contributed by atoms with van der Waals surface area (Å²) in [4.78, 5) is 16.0. The van der Waals surface area contributed by atoms with E-state index in [0.717, 1.165) is 55.2 Å². The quantitative estimate of drug-likeness (QED) is 0.820. The van der Waals surface area contributed by atoms with Gasteiger partial charge in [0.2, 0.25) is 0 Å². The summed E-state index contributed by atoms with van der Waals surface area (Å²) in [7, 11) is 0. The number of piperazine rings is 1. The number of hydrogen-bond donors (Lipinski definition) is 1. The topological polar surface area (TPSA) is 34.0 Å². The first-order valence-corrected chi connectivity index (χ1v) is 9.66. The molecular formula is C21H29N2O2+. The second-order valence-corrected chi connectivity index (χ2v) is 7.98. The fraction of sp³-hybridized carbons (Fsp3) is 0.571. The highest BCUT2D eigenvalue weighted by atomic mass is 16.5. The van der Waals surface area contributed by atoms with Gasteiger partial charge in [-0.25, -0.2) is 0 Å². The Balaban J connectivity index is 1.20. The van der Waals surface area contributed by atoms with Gasteiger partial charge in [-0.1, -0.05) is 24.3 Å². The van der Waals surface area contributed by atoms with Crippen molar-refractivity contribution in [3.05, 3.63) is 42.0 Å². The Morgan fingerprint density at radius 2 is 2.08 bits per heavy atom. The molecule has 3 atom stereocenters. The molecule has 4 rings (SSSR count). The van der Waals surface area contributed by atoms with Crippen molar-refractivity contribution in [3.8, 4) is 5.75 Å². The molecule has 1 aromatic rings. The lowest BCUT2D eigenvalue weighted by atomic mass is 9.93. The van der Waals surface area contributed by atoms with Gasteiger partial charge in [-0.2, -0.15) is 0 Å². The van der Waals surface area contributed by atoms with Gasteiger partial charge >= 0.3 is 0 Å². The monoisotopic (exact) mass is 341 g/mol. The second-order valence-electron chi connectivity index (χ2n) is 7.98. The maximum atomic E-state index is 12.4. The largest absolute Gasteiger partial charge is 0.484 e. The molecule has 1 saturated heterocycles. The van der Waals surface area contributed by atoms with Crippen molar-refractivity contribution in [2.24, 2.45) is 17.8 Å². The minimum atomic E-state index is 0.114. The normalized spacial score (nSPS) is 28.5. The van der Waals surface area contributed by atoms with Crippen LogP contribution in [-0.4, -0.2) is 50.1 Å². The van der Waals surface area contributed by atoms with Crippen molar-refractivity contribution < 1.29 is 14.4 Å². The minimum absolute atomic E-state index is 0.114. The molecule has 0 spiro atoms. The maximum Gasteiger partial charge on any atom is 0.260 e. The maximum absolute atomic E-state index is 12.4. The van der Waals surface area contributed by atoms with E-state index in [2.05, 4.69) is 12.2 Å². The number of hydrogen-bond acceptors (Lipinski definition) is 2. The number of ether oxygens (including phenoxy) is 1. The van der Waals surface area contributed by atoms with E-state index in [1.807, 2.05) is 36.1 Å². The first-order valence-electron chi connectivity index (χ1n) is 9.66. The molecule has 0 unspecified atom stereocenters. The first-order chi connectivity index (χ1) is 12.2. The molecule has 1 saturated carbocycles. The highest BCUT2D eigenvalue weighted by Crippen LogP contribution is 2.42. The zero-order chi connectivity index (χ0) is 17.2. The molecule has 0 aromatic heterocycles. The summed E-state index contributed by atoms with van der Waals surface area (Å²) in [6.45, 7) is 7.34. The van der Waals surface area contributed by atoms with Crippen molar-refractivity contribution in [1.82, 2.24) is 4.90 Å². The highest BCUT2D eigenvalue weighted by molar-refractivity contribution is 5.77. The Hall–Kier alpha value is -1.81. The van der Waals surface area contributed by atoms with Crippen LogP contribution in [0, 0.1) is 24.7 Å². The Morgan fingerprint density at radius 1 is 1.24 bits per heavy atom. The standard InChI is InChI=1S/C21H28N2O2/c1-16-3-2-4-20(11-16)25-15-21(24)23-9-7-22(8-10-23)14-19-13-17-5-6-18(19)12-17/h2-6,11,17-19H,7-10,12-15H2,1H3/p+1/t17-,18+,19+/m1/s1. The van der Waals surface area contributed by atoms with Crippen molar-refractivity contribution in [2.45, 2.75) is 19.8 Å². The number of rotatable bonds is 5. The van der Waals surface area contributed by atoms with Gasteiger partial charge in [-0.05, 0) is 49.3 Å². The molecule has 1 amide bonds. The van der Waals surface area contributed by atoms with Crippen LogP contribution in [0.5, 0.6) is 5.75 Å². The van der Waals surface area contributed by atoms with Crippen LogP contribution in [-0.2, 0) is 4.79 Å². The molecule has 4 heteroatoms. The van der Waals surface area contributed by atoms with Crippen LogP contribution in [0.3, 0.4) is 0 Å². The number of carbonyl (C=O) groups excluding carboxylic acids is 1. The number of allylic oxidation sites excluding steroid dienone is 2. The van der Waals surface area contributed by atoms with Crippen LogP contribution in [0.2, 0.25) is 0 Å². The average molecular weight is 341 g/mol. The van der Waals surface area contributed by atoms with Crippen LogP contribution in [0.1, 0.15) is 18.4 Å². The average Bonchev–Trinajstić information content (AvgIpc) is 3.23. The van der Waals surface area contributed by atoms with Gasteiger partial charge in [-0.3, -0.25) is 4.79 Å². The molecule has 25 heavy (non-hydrogen) atoms. The lowest BCUT2D eigenvalue weighted by molar-refractivity contribution is -0.907. The van der Waals surface area contributed by atoms with Crippen molar-refractivity contribution in [1.29, 1.82) is 0 Å². The van der Waals surface area contributed by atoms with Gasteiger partial charge in [0.1, 0.15) is 5.75 Å². The number of aryl methyl sites for hydroxylation is 1. The fourth-order valence-electron chi connectivity index (χ4n) is 4.72. The van der Waals surface area contributed by atoms with Crippen LogP contribution in [0.25, 0.3) is 0 Å². The summed E-state index contributed by atoms with van der Waals surface area (Å²) < 4.78 is 5.66. The summed E-state index contributed by atoms with van der Waals surface area (Å²) in [5, 5.41) is 0. The number of nitrogens with one attached hydrogen (secondary N) is 1. The second kappa shape index (κ2) is 7.20. The number of fused-ring (bicyclic) bond motifs is 2. The van der Waals surface area contributed by atoms with E-state index in [-0.39, 0.29) is 12.5 Å². The minimum Gasteiger partial charge on any atom is -0.484 e. The Kier molecular flexibility index (Phi) is 4.80. The van der Waals surface area contributed by atoms with E-state index in [4.69, 9.17) is 4.74 Å². The van der Waals surface area contributed by atoms with Crippen LogP contribution < -0.4 is 9.64 Å². The highest BCUT2D eigenvalue weighted by Gasteiger charge is 2.38. The first kappa shape index (κ1) is 16.6. The van der Waals surface area contributed by atoms with Crippen LogP contribution >= 0.6 is 0 Å². The van der Waals surface area contributed by atoms with E-state index in [9.17, 15) is 4.79 Å². The molecule has 1 heterocycles. The molecular weight excluding hydrogens is 312 g/mol. The molecule has 1 aromatic carbocycles.